The minimum Gasteiger partial charge on any atom is -0.481 e. The Labute approximate surface area is 102 Å². The molecular weight excluding hydrogens is 282 g/mol. The first kappa shape index (κ1) is 14.8. The summed E-state index contributed by atoms with van der Waals surface area (Å²) in [5.41, 5.74) is 0. The van der Waals surface area contributed by atoms with E-state index in [1.165, 1.54) is 0 Å². The molecule has 0 fully saturated rings. The predicted molar refractivity (Wildman–Crippen MR) is 65.6 cm³/mol. The Hall–Kier alpha value is -0.230. The van der Waals surface area contributed by atoms with Crippen LogP contribution in [0.5, 0.6) is 0 Å². The lowest BCUT2D eigenvalue weighted by atomic mass is 10.2. The van der Waals surface area contributed by atoms with Crippen LogP contribution in [-0.2, 0) is 9.59 Å². The Kier molecular flexibility index (Phi) is 10.1. The molecule has 0 aromatic carbocycles. The number of unbranched alkanes of at least 4 members (excludes halogenated alkanes) is 2. The Morgan fingerprint density at radius 2 is 1.93 bits per heavy atom. The Morgan fingerprint density at radius 3 is 2.53 bits per heavy atom. The minimum absolute atomic E-state index is 0.0169. The number of carbonyl (C=O) groups is 2. The molecule has 1 amide bonds. The highest BCUT2D eigenvalue weighted by Crippen LogP contribution is 1.99. The minimum atomic E-state index is -0.884. The van der Waals surface area contributed by atoms with Crippen molar-refractivity contribution < 1.29 is 14.7 Å². The largest absolute Gasteiger partial charge is 0.481 e. The summed E-state index contributed by atoms with van der Waals surface area (Å²) in [6.07, 6.45) is 3.18. The zero-order chi connectivity index (χ0) is 11.5. The van der Waals surface area contributed by atoms with Gasteiger partial charge in [-0.05, 0) is 12.8 Å². The Balaban J connectivity index is 3.22. The maximum absolute atomic E-state index is 11.1. The molecule has 0 unspecified atom stereocenters. The van der Waals surface area contributed by atoms with Gasteiger partial charge in [0.1, 0.15) is 0 Å². The predicted octanol–water partition coefficient (Wildman–Crippen LogP) is 1.49. The number of hydrogen-bond donors (Lipinski definition) is 2. The number of hydrogen-bond acceptors (Lipinski definition) is 3. The molecule has 2 N–H and O–H groups in total. The van der Waals surface area contributed by atoms with E-state index in [4.69, 9.17) is 5.11 Å². The third-order valence-corrected chi connectivity index (χ3v) is 3.07. The summed E-state index contributed by atoms with van der Waals surface area (Å²) in [6, 6.07) is 0. The topological polar surface area (TPSA) is 66.4 Å². The number of nitrogens with one attached hydrogen (secondary N) is 1. The first-order chi connectivity index (χ1) is 7.16. The van der Waals surface area contributed by atoms with E-state index in [-0.39, 0.29) is 17.4 Å². The van der Waals surface area contributed by atoms with Crippen molar-refractivity contribution in [2.45, 2.75) is 19.3 Å². The fourth-order valence-electron chi connectivity index (χ4n) is 0.906. The second kappa shape index (κ2) is 10.3. The standard InChI is InChI=1S/C9H16BrNO3S/c10-4-2-1-3-5-11-8(12)6-15-7-9(13)14/h1-7H2,(H,11,12)(H,13,14). The van der Waals surface area contributed by atoms with Gasteiger partial charge in [-0.25, -0.2) is 0 Å². The summed E-state index contributed by atoms with van der Waals surface area (Å²) >= 11 is 4.45. The van der Waals surface area contributed by atoms with Crippen molar-refractivity contribution in [1.29, 1.82) is 0 Å². The molecule has 0 saturated heterocycles. The first-order valence-electron chi connectivity index (χ1n) is 4.79. The lowest BCUT2D eigenvalue weighted by Gasteiger charge is -2.03. The lowest BCUT2D eigenvalue weighted by Crippen LogP contribution is -2.26. The van der Waals surface area contributed by atoms with Gasteiger partial charge >= 0.3 is 5.97 Å². The summed E-state index contributed by atoms with van der Waals surface area (Å²) in [6.45, 7) is 0.680. The molecule has 15 heavy (non-hydrogen) atoms. The number of carbonyl (C=O) groups excluding carboxylic acids is 1. The molecule has 88 valence electrons. The van der Waals surface area contributed by atoms with Crippen LogP contribution in [0.3, 0.4) is 0 Å². The molecule has 0 radical (unpaired) electrons. The highest BCUT2D eigenvalue weighted by molar-refractivity contribution is 9.09. The number of carboxylic acid groups (broad SMARTS) is 1. The maximum atomic E-state index is 11.1. The van der Waals surface area contributed by atoms with Gasteiger partial charge in [0, 0.05) is 11.9 Å². The summed E-state index contributed by atoms with van der Waals surface area (Å²) in [5, 5.41) is 12.1. The van der Waals surface area contributed by atoms with Crippen LogP contribution >= 0.6 is 27.7 Å². The number of rotatable bonds is 9. The van der Waals surface area contributed by atoms with Crippen LogP contribution in [0.4, 0.5) is 0 Å². The van der Waals surface area contributed by atoms with E-state index in [0.717, 1.165) is 36.4 Å². The summed E-state index contributed by atoms with van der Waals surface area (Å²) in [4.78, 5) is 21.3. The van der Waals surface area contributed by atoms with E-state index in [0.29, 0.717) is 6.54 Å². The van der Waals surface area contributed by atoms with Crippen molar-refractivity contribution in [3.05, 3.63) is 0 Å². The number of alkyl halides is 1. The highest BCUT2D eigenvalue weighted by atomic mass is 79.9. The monoisotopic (exact) mass is 297 g/mol. The third-order valence-electron chi connectivity index (χ3n) is 1.59. The average molecular weight is 298 g/mol. The molecule has 0 rings (SSSR count). The Morgan fingerprint density at radius 1 is 1.20 bits per heavy atom. The highest BCUT2D eigenvalue weighted by Gasteiger charge is 2.02. The Bertz CT molecular complexity index is 202. The number of carboxylic acids is 1. The molecule has 0 aromatic rings. The molecule has 4 nitrogen and oxygen atoms in total. The van der Waals surface area contributed by atoms with Crippen molar-refractivity contribution in [2.75, 3.05) is 23.4 Å². The third kappa shape index (κ3) is 11.7. The van der Waals surface area contributed by atoms with Crippen LogP contribution in [0.1, 0.15) is 19.3 Å². The molecule has 0 heterocycles. The van der Waals surface area contributed by atoms with Crippen molar-refractivity contribution in [3.63, 3.8) is 0 Å². The molecule has 0 bridgehead atoms. The van der Waals surface area contributed by atoms with E-state index in [1.807, 2.05) is 0 Å². The van der Waals surface area contributed by atoms with Gasteiger partial charge in [0.15, 0.2) is 0 Å². The second-order valence-corrected chi connectivity index (χ2v) is 4.76. The van der Waals surface area contributed by atoms with Crippen molar-refractivity contribution in [3.8, 4) is 0 Å². The molecule has 0 atom stereocenters. The van der Waals surface area contributed by atoms with Crippen LogP contribution in [0.15, 0.2) is 0 Å². The summed E-state index contributed by atoms with van der Waals surface area (Å²) < 4.78 is 0. The fraction of sp³-hybridized carbons (Fsp3) is 0.778. The van der Waals surface area contributed by atoms with Crippen LogP contribution in [0, 0.1) is 0 Å². The number of amides is 1. The molecule has 0 aliphatic rings. The molecule has 0 spiro atoms. The molecular formula is C9H16BrNO3S. The van der Waals surface area contributed by atoms with Crippen molar-refractivity contribution in [2.24, 2.45) is 0 Å². The van der Waals surface area contributed by atoms with E-state index in [2.05, 4.69) is 21.2 Å². The van der Waals surface area contributed by atoms with Crippen LogP contribution < -0.4 is 5.32 Å². The van der Waals surface area contributed by atoms with Crippen LogP contribution in [0.2, 0.25) is 0 Å². The van der Waals surface area contributed by atoms with Gasteiger partial charge in [-0.3, -0.25) is 9.59 Å². The van der Waals surface area contributed by atoms with Crippen LogP contribution in [-0.4, -0.2) is 40.4 Å². The SMILES string of the molecule is O=C(O)CSCC(=O)NCCCCCBr. The normalized spacial score (nSPS) is 9.93. The van der Waals surface area contributed by atoms with Gasteiger partial charge in [-0.15, -0.1) is 11.8 Å². The summed E-state index contributed by atoms with van der Waals surface area (Å²) in [7, 11) is 0. The maximum Gasteiger partial charge on any atom is 0.313 e. The zero-order valence-corrected chi connectivity index (χ0v) is 10.9. The van der Waals surface area contributed by atoms with Crippen LogP contribution in [0.25, 0.3) is 0 Å². The van der Waals surface area contributed by atoms with E-state index in [1.54, 1.807) is 0 Å². The van der Waals surface area contributed by atoms with E-state index < -0.39 is 5.97 Å². The first-order valence-corrected chi connectivity index (χ1v) is 7.06. The number of aliphatic carboxylic acids is 1. The number of halogens is 1. The summed E-state index contributed by atoms with van der Waals surface area (Å²) in [5.74, 6) is -0.757. The van der Waals surface area contributed by atoms with Gasteiger partial charge in [0.25, 0.3) is 0 Å². The van der Waals surface area contributed by atoms with Gasteiger partial charge in [-0.1, -0.05) is 22.4 Å². The lowest BCUT2D eigenvalue weighted by molar-refractivity contribution is -0.133. The fourth-order valence-corrected chi connectivity index (χ4v) is 1.87. The zero-order valence-electron chi connectivity index (χ0n) is 8.50. The van der Waals surface area contributed by atoms with E-state index >= 15 is 0 Å². The smallest absolute Gasteiger partial charge is 0.313 e. The quantitative estimate of drug-likeness (QED) is 0.500. The molecule has 6 heteroatoms. The van der Waals surface area contributed by atoms with Gasteiger partial charge in [0.05, 0.1) is 11.5 Å². The number of thioether (sulfide) groups is 1. The molecule has 0 saturated carbocycles. The molecule has 0 aliphatic carbocycles. The van der Waals surface area contributed by atoms with Gasteiger partial charge in [0.2, 0.25) is 5.91 Å². The molecule has 0 aliphatic heterocycles. The average Bonchev–Trinajstić information content (AvgIpc) is 2.17. The second-order valence-electron chi connectivity index (χ2n) is 2.99. The van der Waals surface area contributed by atoms with Crippen molar-refractivity contribution in [1.82, 2.24) is 5.32 Å². The van der Waals surface area contributed by atoms with E-state index in [9.17, 15) is 9.59 Å². The van der Waals surface area contributed by atoms with Crippen molar-refractivity contribution >= 4 is 39.6 Å². The van der Waals surface area contributed by atoms with Gasteiger partial charge < -0.3 is 10.4 Å². The van der Waals surface area contributed by atoms with Gasteiger partial charge in [-0.2, -0.15) is 0 Å². The molecule has 0 aromatic heterocycles.